The van der Waals surface area contributed by atoms with Crippen LogP contribution >= 0.6 is 0 Å². The molecule has 5 rings (SSSR count). The maximum Gasteiger partial charge on any atom is 0.228 e. The Bertz CT molecular complexity index is 1370. The van der Waals surface area contributed by atoms with Crippen LogP contribution in [0.1, 0.15) is 44.1 Å². The van der Waals surface area contributed by atoms with Gasteiger partial charge in [0.1, 0.15) is 17.3 Å². The van der Waals surface area contributed by atoms with Crippen molar-refractivity contribution >= 4 is 32.7 Å². The van der Waals surface area contributed by atoms with Crippen LogP contribution in [0.4, 0.5) is 5.82 Å². The van der Waals surface area contributed by atoms with E-state index in [1.807, 2.05) is 25.2 Å². The summed E-state index contributed by atoms with van der Waals surface area (Å²) in [6.45, 7) is 2.70. The maximum absolute atomic E-state index is 12.3. The normalized spacial score (nSPS) is 17.6. The number of methoxy groups -OCH3 is 1. The number of carbonyl (C=O) groups is 1. The summed E-state index contributed by atoms with van der Waals surface area (Å²) >= 11 is 0. The number of hydrogen-bond acceptors (Lipinski definition) is 6. The van der Waals surface area contributed by atoms with Crippen LogP contribution in [-0.4, -0.2) is 59.3 Å². The van der Waals surface area contributed by atoms with Gasteiger partial charge in [0, 0.05) is 37.0 Å². The highest BCUT2D eigenvalue weighted by Gasteiger charge is 2.31. The lowest BCUT2D eigenvalue weighted by atomic mass is 9.87. The summed E-state index contributed by atoms with van der Waals surface area (Å²) in [5.74, 6) is 1.70. The third-order valence-electron chi connectivity index (χ3n) is 7.09. The zero-order valence-corrected chi connectivity index (χ0v) is 21.1. The second-order valence-electron chi connectivity index (χ2n) is 9.32. The first-order chi connectivity index (χ1) is 16.8. The van der Waals surface area contributed by atoms with Crippen molar-refractivity contribution in [1.82, 2.24) is 19.1 Å². The molecule has 1 saturated heterocycles. The Balaban J connectivity index is 1.49. The van der Waals surface area contributed by atoms with Crippen LogP contribution in [0, 0.1) is 5.92 Å². The number of para-hydroxylation sites is 1. The SMILES string of the molecule is CCS(=O)(=O)N1CCC(c2cccc(-c3nn(C)c4cnc(NC(=O)C5CC5)cc34)c2OC)CC1. The quantitative estimate of drug-likeness (QED) is 0.535. The number of hydrogen-bond donors (Lipinski definition) is 1. The minimum Gasteiger partial charge on any atom is -0.496 e. The first-order valence-corrected chi connectivity index (χ1v) is 13.7. The Hall–Kier alpha value is -2.98. The summed E-state index contributed by atoms with van der Waals surface area (Å²) in [6.07, 6.45) is 5.07. The lowest BCUT2D eigenvalue weighted by molar-refractivity contribution is -0.117. The van der Waals surface area contributed by atoms with E-state index in [9.17, 15) is 13.2 Å². The van der Waals surface area contributed by atoms with Crippen LogP contribution in [0.15, 0.2) is 30.5 Å². The zero-order chi connectivity index (χ0) is 24.7. The molecule has 2 fully saturated rings. The number of sulfonamides is 1. The summed E-state index contributed by atoms with van der Waals surface area (Å²) in [6, 6.07) is 7.92. The van der Waals surface area contributed by atoms with E-state index in [-0.39, 0.29) is 23.5 Å². The lowest BCUT2D eigenvalue weighted by Gasteiger charge is -2.32. The maximum atomic E-state index is 12.3. The molecule has 1 aliphatic heterocycles. The lowest BCUT2D eigenvalue weighted by Crippen LogP contribution is -2.38. The van der Waals surface area contributed by atoms with Crippen LogP contribution in [0.3, 0.4) is 0 Å². The highest BCUT2D eigenvalue weighted by atomic mass is 32.2. The van der Waals surface area contributed by atoms with Crippen molar-refractivity contribution in [3.63, 3.8) is 0 Å². The van der Waals surface area contributed by atoms with Crippen molar-refractivity contribution in [1.29, 1.82) is 0 Å². The molecule has 1 aliphatic carbocycles. The molecule has 1 N–H and O–H groups in total. The Morgan fingerprint density at radius 2 is 1.94 bits per heavy atom. The second kappa shape index (κ2) is 9.23. The first-order valence-electron chi connectivity index (χ1n) is 12.1. The number of ether oxygens (including phenoxy) is 1. The number of anilines is 1. The van der Waals surface area contributed by atoms with Gasteiger partial charge in [0.15, 0.2) is 0 Å². The van der Waals surface area contributed by atoms with Crippen molar-refractivity contribution < 1.29 is 17.9 Å². The van der Waals surface area contributed by atoms with E-state index < -0.39 is 10.0 Å². The van der Waals surface area contributed by atoms with Crippen molar-refractivity contribution in [2.24, 2.45) is 13.0 Å². The van der Waals surface area contributed by atoms with Gasteiger partial charge in [-0.3, -0.25) is 9.48 Å². The number of amides is 1. The number of nitrogens with zero attached hydrogens (tertiary/aromatic N) is 4. The molecule has 10 heteroatoms. The third kappa shape index (κ3) is 4.52. The average molecular weight is 498 g/mol. The van der Waals surface area contributed by atoms with Gasteiger partial charge < -0.3 is 10.1 Å². The summed E-state index contributed by atoms with van der Waals surface area (Å²) in [5.41, 5.74) is 3.55. The van der Waals surface area contributed by atoms with Crippen LogP contribution in [0.25, 0.3) is 22.2 Å². The summed E-state index contributed by atoms with van der Waals surface area (Å²) in [7, 11) is 0.355. The van der Waals surface area contributed by atoms with Crippen molar-refractivity contribution in [3.8, 4) is 17.0 Å². The van der Waals surface area contributed by atoms with Gasteiger partial charge in [0.2, 0.25) is 15.9 Å². The van der Waals surface area contributed by atoms with Gasteiger partial charge in [-0.15, -0.1) is 0 Å². The highest BCUT2D eigenvalue weighted by molar-refractivity contribution is 7.89. The molecule has 0 atom stereocenters. The number of aryl methyl sites for hydroxylation is 1. The van der Waals surface area contributed by atoms with E-state index in [0.717, 1.165) is 59.2 Å². The monoisotopic (exact) mass is 497 g/mol. The Morgan fingerprint density at radius 1 is 1.20 bits per heavy atom. The third-order valence-corrected chi connectivity index (χ3v) is 8.97. The van der Waals surface area contributed by atoms with E-state index in [1.54, 1.807) is 29.2 Å². The van der Waals surface area contributed by atoms with Gasteiger partial charge >= 0.3 is 0 Å². The van der Waals surface area contributed by atoms with E-state index in [4.69, 9.17) is 9.84 Å². The van der Waals surface area contributed by atoms with Crippen molar-refractivity contribution in [2.75, 3.05) is 31.3 Å². The molecule has 0 spiro atoms. The molecule has 0 unspecified atom stereocenters. The van der Waals surface area contributed by atoms with Gasteiger partial charge in [0.05, 0.1) is 24.6 Å². The number of fused-ring (bicyclic) bond motifs is 1. The van der Waals surface area contributed by atoms with Crippen LogP contribution < -0.4 is 10.1 Å². The number of nitrogens with one attached hydrogen (secondary N) is 1. The van der Waals surface area contributed by atoms with E-state index >= 15 is 0 Å². The van der Waals surface area contributed by atoms with Crippen LogP contribution in [-0.2, 0) is 21.9 Å². The van der Waals surface area contributed by atoms with Gasteiger partial charge in [-0.1, -0.05) is 12.1 Å². The number of pyridine rings is 1. The summed E-state index contributed by atoms with van der Waals surface area (Å²) < 4.78 is 33.9. The minimum absolute atomic E-state index is 0.0123. The number of piperidine rings is 1. The largest absolute Gasteiger partial charge is 0.496 e. The topological polar surface area (TPSA) is 106 Å². The van der Waals surface area contributed by atoms with E-state index in [0.29, 0.717) is 18.9 Å². The molecule has 1 amide bonds. The minimum atomic E-state index is -3.18. The predicted molar refractivity (Wildman–Crippen MR) is 135 cm³/mol. The van der Waals surface area contributed by atoms with Gasteiger partial charge in [-0.05, 0) is 56.2 Å². The Kier molecular flexibility index (Phi) is 6.27. The van der Waals surface area contributed by atoms with Crippen LogP contribution in [0.5, 0.6) is 5.75 Å². The summed E-state index contributed by atoms with van der Waals surface area (Å²) in [4.78, 5) is 16.7. The standard InChI is InChI=1S/C25H31N5O4S/c1-4-35(32,33)30-12-10-16(11-13-30)18-6-5-7-19(24(18)34-3)23-20-14-22(27-25(31)17-8-9-17)26-15-21(20)29(2)28-23/h5-7,14-17H,4,8-13H2,1-3H3,(H,26,27,31). The van der Waals surface area contributed by atoms with Crippen molar-refractivity contribution in [3.05, 3.63) is 36.0 Å². The molecule has 35 heavy (non-hydrogen) atoms. The Labute approximate surface area is 205 Å². The highest BCUT2D eigenvalue weighted by Crippen LogP contribution is 2.42. The van der Waals surface area contributed by atoms with Gasteiger partial charge in [-0.25, -0.2) is 17.7 Å². The van der Waals surface area contributed by atoms with Crippen molar-refractivity contribution in [2.45, 2.75) is 38.5 Å². The molecule has 1 aromatic carbocycles. The molecule has 0 bridgehead atoms. The molecule has 0 radical (unpaired) electrons. The summed E-state index contributed by atoms with van der Waals surface area (Å²) in [5, 5.41) is 8.58. The number of aromatic nitrogens is 3. The van der Waals surface area contributed by atoms with Gasteiger partial charge in [0.25, 0.3) is 0 Å². The smallest absolute Gasteiger partial charge is 0.228 e. The van der Waals surface area contributed by atoms with E-state index in [1.165, 1.54) is 0 Å². The molecule has 3 aromatic rings. The molecule has 9 nitrogen and oxygen atoms in total. The molecule has 2 aliphatic rings. The molecular weight excluding hydrogens is 466 g/mol. The molecular formula is C25H31N5O4S. The van der Waals surface area contributed by atoms with E-state index in [2.05, 4.69) is 16.4 Å². The fraction of sp³-hybridized carbons (Fsp3) is 0.480. The predicted octanol–water partition coefficient (Wildman–Crippen LogP) is 3.52. The second-order valence-corrected chi connectivity index (χ2v) is 11.6. The molecule has 2 aromatic heterocycles. The number of benzene rings is 1. The first kappa shape index (κ1) is 23.7. The molecule has 186 valence electrons. The molecule has 3 heterocycles. The molecule has 1 saturated carbocycles. The fourth-order valence-corrected chi connectivity index (χ4v) is 6.05. The van der Waals surface area contributed by atoms with Gasteiger partial charge in [-0.2, -0.15) is 5.10 Å². The fourth-order valence-electron chi connectivity index (χ4n) is 4.91. The average Bonchev–Trinajstić information content (AvgIpc) is 3.68. The zero-order valence-electron chi connectivity index (χ0n) is 20.3. The number of rotatable bonds is 7. The number of carbonyl (C=O) groups excluding carboxylic acids is 1. The Morgan fingerprint density at radius 3 is 2.60 bits per heavy atom. The van der Waals surface area contributed by atoms with Crippen LogP contribution in [0.2, 0.25) is 0 Å².